The summed E-state index contributed by atoms with van der Waals surface area (Å²) in [6.45, 7) is 0. The van der Waals surface area contributed by atoms with Crippen LogP contribution in [0.15, 0.2) is 60.9 Å². The predicted octanol–water partition coefficient (Wildman–Crippen LogP) is -1.90. The Morgan fingerprint density at radius 3 is 2.27 bits per heavy atom. The molecule has 4 N–H and O–H groups in total. The highest BCUT2D eigenvalue weighted by Crippen LogP contribution is 2.35. The molecule has 0 bridgehead atoms. The van der Waals surface area contributed by atoms with E-state index in [9.17, 15) is 30.0 Å². The molecule has 1 aromatic carbocycles. The normalized spacial score (nSPS) is 17.6. The first-order valence-corrected chi connectivity index (χ1v) is 7.51. The lowest BCUT2D eigenvalue weighted by molar-refractivity contribution is -0.293. The number of fused-ring (bicyclic) bond motifs is 2. The van der Waals surface area contributed by atoms with Crippen LogP contribution in [-0.2, 0) is 0 Å². The largest absolute Gasteiger partial charge is 0.423 e. The van der Waals surface area contributed by atoms with Gasteiger partial charge >= 0.3 is 11.3 Å². The van der Waals surface area contributed by atoms with E-state index in [-0.39, 0.29) is 27.4 Å². The number of rotatable bonds is 1. The summed E-state index contributed by atoms with van der Waals surface area (Å²) in [5, 5.41) is 41.8. The molecule has 26 heavy (non-hydrogen) atoms. The highest BCUT2D eigenvalue weighted by molar-refractivity contribution is 5.91. The molecule has 0 aliphatic heterocycles. The Labute approximate surface area is 143 Å². The highest BCUT2D eigenvalue weighted by Gasteiger charge is 2.52. The van der Waals surface area contributed by atoms with E-state index in [1.807, 2.05) is 0 Å². The van der Waals surface area contributed by atoms with Crippen molar-refractivity contribution in [2.75, 3.05) is 0 Å². The summed E-state index contributed by atoms with van der Waals surface area (Å²) in [4.78, 5) is 23.1. The smallest absolute Gasteiger partial charge is 0.336 e. The first-order valence-electron chi connectivity index (χ1n) is 7.51. The van der Waals surface area contributed by atoms with Crippen molar-refractivity contribution in [1.29, 1.82) is 0 Å². The molecule has 0 amide bonds. The molecule has 132 valence electrons. The fourth-order valence-electron chi connectivity index (χ4n) is 3.02. The molecule has 2 aromatic heterocycles. The zero-order valence-corrected chi connectivity index (χ0v) is 13.0. The maximum absolute atomic E-state index is 11.6. The van der Waals surface area contributed by atoms with Gasteiger partial charge in [0.2, 0.25) is 5.79 Å². The standard InChI is InChI=1S/C18H12O8/c19-13-7-5-10-12(25-13)8-17(21,22)18(23,24)15(10)11-3-1-2-9-4-6-14(20)26-16(9)11/h1-8,21-24H. The molecule has 2 heterocycles. The van der Waals surface area contributed by atoms with Crippen LogP contribution in [0.3, 0.4) is 0 Å². The van der Waals surface area contributed by atoms with Crippen molar-refractivity contribution in [3.8, 4) is 0 Å². The third-order valence-electron chi connectivity index (χ3n) is 4.24. The van der Waals surface area contributed by atoms with Crippen molar-refractivity contribution in [2.45, 2.75) is 11.6 Å². The van der Waals surface area contributed by atoms with E-state index in [4.69, 9.17) is 8.83 Å². The third kappa shape index (κ3) is 2.25. The van der Waals surface area contributed by atoms with Crippen LogP contribution < -0.4 is 21.9 Å². The maximum atomic E-state index is 11.6. The molecule has 0 atom stereocenters. The van der Waals surface area contributed by atoms with E-state index < -0.39 is 22.8 Å². The van der Waals surface area contributed by atoms with Crippen LogP contribution in [0.2, 0.25) is 0 Å². The number of aliphatic hydroxyl groups is 4. The Hall–Kier alpha value is -3.04. The number of para-hydroxylation sites is 1. The van der Waals surface area contributed by atoms with Crippen molar-refractivity contribution >= 4 is 22.6 Å². The number of hydrogen-bond donors (Lipinski definition) is 4. The van der Waals surface area contributed by atoms with Crippen LogP contribution in [0, 0.1) is 0 Å². The van der Waals surface area contributed by atoms with Gasteiger partial charge in [0.25, 0.3) is 5.79 Å². The summed E-state index contributed by atoms with van der Waals surface area (Å²) in [6, 6.07) is 9.59. The van der Waals surface area contributed by atoms with E-state index in [2.05, 4.69) is 0 Å². The summed E-state index contributed by atoms with van der Waals surface area (Å²) in [6.07, 6.45) is 0.620. The molecule has 8 nitrogen and oxygen atoms in total. The Bertz CT molecular complexity index is 1280. The van der Waals surface area contributed by atoms with E-state index in [1.165, 1.54) is 24.3 Å². The molecular formula is C18H12O8. The maximum Gasteiger partial charge on any atom is 0.336 e. The SMILES string of the molecule is O=c1ccc2c(o1)=CC(O)(O)C(O)(O)C=2c1cccc2ccc(=O)oc12. The summed E-state index contributed by atoms with van der Waals surface area (Å²) >= 11 is 0. The Balaban J connectivity index is 2.26. The van der Waals surface area contributed by atoms with E-state index in [0.717, 1.165) is 6.07 Å². The van der Waals surface area contributed by atoms with Gasteiger partial charge in [-0.05, 0) is 12.1 Å². The Kier molecular flexibility index (Phi) is 3.30. The van der Waals surface area contributed by atoms with Crippen molar-refractivity contribution < 1.29 is 29.3 Å². The second-order valence-electron chi connectivity index (χ2n) is 5.93. The molecule has 4 rings (SSSR count). The second-order valence-corrected chi connectivity index (χ2v) is 5.93. The summed E-state index contributed by atoms with van der Waals surface area (Å²) < 4.78 is 10.1. The van der Waals surface area contributed by atoms with E-state index >= 15 is 0 Å². The van der Waals surface area contributed by atoms with E-state index in [1.54, 1.807) is 12.1 Å². The fourth-order valence-corrected chi connectivity index (χ4v) is 3.02. The van der Waals surface area contributed by atoms with Gasteiger partial charge in [-0.25, -0.2) is 9.59 Å². The lowest BCUT2D eigenvalue weighted by Crippen LogP contribution is -2.60. The van der Waals surface area contributed by atoms with Gasteiger partial charge in [0.1, 0.15) is 11.0 Å². The monoisotopic (exact) mass is 356 g/mol. The molecule has 0 saturated heterocycles. The van der Waals surface area contributed by atoms with Crippen LogP contribution in [0.25, 0.3) is 22.6 Å². The topological polar surface area (TPSA) is 141 Å². The van der Waals surface area contributed by atoms with Gasteiger partial charge < -0.3 is 29.3 Å². The lowest BCUT2D eigenvalue weighted by atomic mass is 9.85. The minimum absolute atomic E-state index is 0.0114. The molecule has 1 aliphatic rings. The van der Waals surface area contributed by atoms with Crippen LogP contribution in [0.1, 0.15) is 5.56 Å². The van der Waals surface area contributed by atoms with Gasteiger partial charge in [0, 0.05) is 40.0 Å². The van der Waals surface area contributed by atoms with Gasteiger partial charge in [-0.2, -0.15) is 0 Å². The van der Waals surface area contributed by atoms with Gasteiger partial charge in [-0.1, -0.05) is 18.2 Å². The molecule has 0 saturated carbocycles. The van der Waals surface area contributed by atoms with Crippen LogP contribution in [0.5, 0.6) is 0 Å². The average molecular weight is 356 g/mol. The van der Waals surface area contributed by atoms with Crippen LogP contribution >= 0.6 is 0 Å². The van der Waals surface area contributed by atoms with Crippen molar-refractivity contribution in [3.05, 3.63) is 79.5 Å². The zero-order valence-electron chi connectivity index (χ0n) is 13.0. The summed E-state index contributed by atoms with van der Waals surface area (Å²) in [5.74, 6) is -6.34. The Morgan fingerprint density at radius 2 is 1.50 bits per heavy atom. The van der Waals surface area contributed by atoms with Crippen molar-refractivity contribution in [1.82, 2.24) is 0 Å². The summed E-state index contributed by atoms with van der Waals surface area (Å²) in [5.41, 5.74) is -2.04. The second kappa shape index (κ2) is 5.23. The summed E-state index contributed by atoms with van der Waals surface area (Å²) in [7, 11) is 0. The zero-order chi connectivity index (χ0) is 18.7. The van der Waals surface area contributed by atoms with Gasteiger partial charge in [0.15, 0.2) is 0 Å². The Morgan fingerprint density at radius 1 is 0.808 bits per heavy atom. The predicted molar refractivity (Wildman–Crippen MR) is 88.0 cm³/mol. The van der Waals surface area contributed by atoms with Crippen molar-refractivity contribution in [3.63, 3.8) is 0 Å². The third-order valence-corrected chi connectivity index (χ3v) is 4.24. The molecule has 8 heteroatoms. The van der Waals surface area contributed by atoms with Crippen LogP contribution in [-0.4, -0.2) is 32.0 Å². The lowest BCUT2D eigenvalue weighted by Gasteiger charge is -2.36. The van der Waals surface area contributed by atoms with E-state index in [0.29, 0.717) is 11.5 Å². The molecule has 0 fully saturated rings. The first-order chi connectivity index (χ1) is 12.2. The van der Waals surface area contributed by atoms with Crippen molar-refractivity contribution in [2.24, 2.45) is 0 Å². The molecule has 3 aromatic rings. The molecule has 0 spiro atoms. The van der Waals surface area contributed by atoms with Gasteiger partial charge in [0.05, 0.1) is 0 Å². The average Bonchev–Trinajstić information content (AvgIpc) is 2.56. The number of benzene rings is 1. The minimum atomic E-state index is -3.18. The number of hydrogen-bond acceptors (Lipinski definition) is 8. The molecule has 0 radical (unpaired) electrons. The molecule has 1 aliphatic carbocycles. The van der Waals surface area contributed by atoms with Crippen LogP contribution in [0.4, 0.5) is 0 Å². The minimum Gasteiger partial charge on any atom is -0.423 e. The highest BCUT2D eigenvalue weighted by atomic mass is 16.6. The molecule has 0 unspecified atom stereocenters. The fraction of sp³-hybridized carbons (Fsp3) is 0.111. The van der Waals surface area contributed by atoms with Gasteiger partial charge in [-0.15, -0.1) is 0 Å². The molecular weight excluding hydrogens is 344 g/mol. The first kappa shape index (κ1) is 16.4. The quantitative estimate of drug-likeness (QED) is 0.293. The van der Waals surface area contributed by atoms with Gasteiger partial charge in [-0.3, -0.25) is 0 Å².